The van der Waals surface area contributed by atoms with Crippen molar-refractivity contribution in [1.82, 2.24) is 0 Å². The number of methoxy groups -OCH3 is 1. The average Bonchev–Trinajstić information content (AvgIpc) is 3.17. The number of ketones is 1. The van der Waals surface area contributed by atoms with Crippen molar-refractivity contribution in [3.63, 3.8) is 0 Å². The van der Waals surface area contributed by atoms with Crippen molar-refractivity contribution in [3.8, 4) is 0 Å². The van der Waals surface area contributed by atoms with Crippen molar-refractivity contribution in [2.45, 2.75) is 25.9 Å². The van der Waals surface area contributed by atoms with Crippen LogP contribution in [0.5, 0.6) is 0 Å². The Labute approximate surface area is 202 Å². The third-order valence-electron chi connectivity index (χ3n) is 6.36. The maximum Gasteiger partial charge on any atom is 0.338 e. The van der Waals surface area contributed by atoms with Crippen LogP contribution in [0.3, 0.4) is 0 Å². The molecule has 8 nitrogen and oxygen atoms in total. The number of esters is 1. The maximum atomic E-state index is 12.9. The predicted molar refractivity (Wildman–Crippen MR) is 127 cm³/mol. The van der Waals surface area contributed by atoms with E-state index in [0.717, 1.165) is 4.90 Å². The summed E-state index contributed by atoms with van der Waals surface area (Å²) >= 11 is 0. The fourth-order valence-electron chi connectivity index (χ4n) is 4.78. The number of carbonyl (C=O) groups is 4. The second-order valence-corrected chi connectivity index (χ2v) is 8.48. The maximum absolute atomic E-state index is 12.9. The SMILES string of the molecule is C/C=C\C(=O)/C=C1/OC2C=C(O)C=CC2C(c2ccc(N3C(=O)C=CC3=O)cc2C(=O)OC)C1C. The molecule has 1 N–H and O–H groups in total. The summed E-state index contributed by atoms with van der Waals surface area (Å²) in [6.45, 7) is 3.64. The third kappa shape index (κ3) is 4.47. The van der Waals surface area contributed by atoms with Crippen molar-refractivity contribution in [2.75, 3.05) is 12.0 Å². The first-order valence-electron chi connectivity index (χ1n) is 11.2. The number of nitrogens with zero attached hydrogens (tertiary/aromatic N) is 1. The Kier molecular flexibility index (Phi) is 6.55. The second-order valence-electron chi connectivity index (χ2n) is 8.48. The van der Waals surface area contributed by atoms with Crippen LogP contribution >= 0.6 is 0 Å². The van der Waals surface area contributed by atoms with Gasteiger partial charge in [0.2, 0.25) is 0 Å². The number of rotatable bonds is 5. The second kappa shape index (κ2) is 9.58. The first kappa shape index (κ1) is 23.9. The van der Waals surface area contributed by atoms with Crippen molar-refractivity contribution in [2.24, 2.45) is 11.8 Å². The van der Waals surface area contributed by atoms with Gasteiger partial charge in [0, 0.05) is 36.0 Å². The van der Waals surface area contributed by atoms with Crippen LogP contribution in [0.4, 0.5) is 5.69 Å². The van der Waals surface area contributed by atoms with E-state index in [0.29, 0.717) is 11.3 Å². The molecule has 1 fully saturated rings. The fraction of sp³-hybridized carbons (Fsp3) is 0.259. The molecule has 4 unspecified atom stereocenters. The van der Waals surface area contributed by atoms with E-state index in [4.69, 9.17) is 9.47 Å². The Morgan fingerprint density at radius 3 is 2.51 bits per heavy atom. The lowest BCUT2D eigenvalue weighted by atomic mass is 9.69. The zero-order valence-corrected chi connectivity index (χ0v) is 19.5. The predicted octanol–water partition coefficient (Wildman–Crippen LogP) is 3.68. The van der Waals surface area contributed by atoms with E-state index < -0.39 is 23.9 Å². The van der Waals surface area contributed by atoms with Gasteiger partial charge in [0.1, 0.15) is 17.6 Å². The summed E-state index contributed by atoms with van der Waals surface area (Å²) in [4.78, 5) is 50.6. The largest absolute Gasteiger partial charge is 0.508 e. The molecule has 8 heteroatoms. The van der Waals surface area contributed by atoms with E-state index in [9.17, 15) is 24.3 Å². The average molecular weight is 475 g/mol. The Bertz CT molecular complexity index is 1230. The number of hydrogen-bond acceptors (Lipinski definition) is 7. The fourth-order valence-corrected chi connectivity index (χ4v) is 4.78. The lowest BCUT2D eigenvalue weighted by molar-refractivity contribution is -0.120. The monoisotopic (exact) mass is 475 g/mol. The van der Waals surface area contributed by atoms with E-state index in [-0.39, 0.29) is 40.5 Å². The highest BCUT2D eigenvalue weighted by Crippen LogP contribution is 2.48. The molecule has 1 aliphatic carbocycles. The highest BCUT2D eigenvalue weighted by Gasteiger charge is 2.43. The molecule has 0 bridgehead atoms. The van der Waals surface area contributed by atoms with Gasteiger partial charge in [-0.1, -0.05) is 25.1 Å². The number of allylic oxidation sites excluding steroid dienone is 5. The van der Waals surface area contributed by atoms with E-state index >= 15 is 0 Å². The number of benzene rings is 1. The molecule has 1 saturated heterocycles. The number of aliphatic hydroxyl groups excluding tert-OH is 1. The van der Waals surface area contributed by atoms with Gasteiger partial charge in [-0.25, -0.2) is 9.69 Å². The number of ether oxygens (including phenoxy) is 2. The van der Waals surface area contributed by atoms with Gasteiger partial charge < -0.3 is 14.6 Å². The van der Waals surface area contributed by atoms with Gasteiger partial charge in [-0.15, -0.1) is 0 Å². The minimum absolute atomic E-state index is 0.0424. The topological polar surface area (TPSA) is 110 Å². The summed E-state index contributed by atoms with van der Waals surface area (Å²) in [7, 11) is 1.26. The standard InChI is InChI=1S/C27H25NO7/c1-4-5-17(29)13-22-15(2)26(20-9-7-18(30)14-23(20)35-22)19-8-6-16(12-21(19)27(33)34-3)28-24(31)10-11-25(28)32/h4-15,20,23,26,30H,1-3H3/b5-4-,22-13+. The summed E-state index contributed by atoms with van der Waals surface area (Å²) < 4.78 is 11.1. The van der Waals surface area contributed by atoms with Gasteiger partial charge in [0.05, 0.1) is 18.4 Å². The van der Waals surface area contributed by atoms with Crippen LogP contribution in [0.15, 0.2) is 78.3 Å². The number of imide groups is 1. The summed E-state index contributed by atoms with van der Waals surface area (Å²) in [6, 6.07) is 4.77. The summed E-state index contributed by atoms with van der Waals surface area (Å²) in [6.07, 6.45) is 11.2. The molecule has 1 aromatic carbocycles. The van der Waals surface area contributed by atoms with Gasteiger partial charge in [0.15, 0.2) is 5.78 Å². The van der Waals surface area contributed by atoms with Crippen LogP contribution in [0.25, 0.3) is 0 Å². The molecule has 2 aliphatic heterocycles. The van der Waals surface area contributed by atoms with Crippen LogP contribution in [-0.4, -0.2) is 41.9 Å². The van der Waals surface area contributed by atoms with Crippen molar-refractivity contribution in [3.05, 3.63) is 89.5 Å². The Balaban J connectivity index is 1.84. The molecular weight excluding hydrogens is 450 g/mol. The van der Waals surface area contributed by atoms with Crippen molar-refractivity contribution >= 4 is 29.3 Å². The minimum Gasteiger partial charge on any atom is -0.508 e. The molecule has 1 aromatic rings. The summed E-state index contributed by atoms with van der Waals surface area (Å²) in [5.74, 6) is -2.33. The first-order chi connectivity index (χ1) is 16.7. The van der Waals surface area contributed by atoms with E-state index in [1.807, 2.05) is 13.0 Å². The van der Waals surface area contributed by atoms with Crippen LogP contribution in [-0.2, 0) is 23.9 Å². The minimum atomic E-state index is -0.627. The normalized spacial score (nSPS) is 26.7. The molecule has 0 spiro atoms. The quantitative estimate of drug-likeness (QED) is 0.393. The van der Waals surface area contributed by atoms with Crippen LogP contribution < -0.4 is 4.90 Å². The van der Waals surface area contributed by atoms with E-state index in [1.165, 1.54) is 37.5 Å². The smallest absolute Gasteiger partial charge is 0.338 e. The molecule has 2 amide bonds. The molecule has 35 heavy (non-hydrogen) atoms. The van der Waals surface area contributed by atoms with Gasteiger partial charge in [-0.05, 0) is 42.8 Å². The number of fused-ring (bicyclic) bond motifs is 1. The van der Waals surface area contributed by atoms with Crippen LogP contribution in [0.1, 0.15) is 35.7 Å². The number of aliphatic hydroxyl groups is 1. The number of carbonyl (C=O) groups excluding carboxylic acids is 4. The van der Waals surface area contributed by atoms with Gasteiger partial charge in [-0.2, -0.15) is 0 Å². The molecule has 0 radical (unpaired) electrons. The van der Waals surface area contributed by atoms with E-state index in [2.05, 4.69) is 0 Å². The number of amides is 2. The van der Waals surface area contributed by atoms with Gasteiger partial charge >= 0.3 is 5.97 Å². The number of anilines is 1. The third-order valence-corrected chi connectivity index (χ3v) is 6.36. The van der Waals surface area contributed by atoms with Gasteiger partial charge in [0.25, 0.3) is 11.8 Å². The zero-order valence-electron chi connectivity index (χ0n) is 19.5. The van der Waals surface area contributed by atoms with Crippen LogP contribution in [0.2, 0.25) is 0 Å². The molecule has 4 atom stereocenters. The molecule has 0 saturated carbocycles. The van der Waals surface area contributed by atoms with Crippen molar-refractivity contribution < 1.29 is 33.8 Å². The van der Waals surface area contributed by atoms with Crippen LogP contribution in [0, 0.1) is 11.8 Å². The summed E-state index contributed by atoms with van der Waals surface area (Å²) in [5, 5.41) is 10.1. The molecule has 0 aromatic heterocycles. The molecule has 180 valence electrons. The Hall–Kier alpha value is -4.20. The highest BCUT2D eigenvalue weighted by molar-refractivity contribution is 6.28. The zero-order chi connectivity index (χ0) is 25.3. The summed E-state index contributed by atoms with van der Waals surface area (Å²) in [5.41, 5.74) is 1.06. The Morgan fingerprint density at radius 2 is 1.86 bits per heavy atom. The van der Waals surface area contributed by atoms with Crippen molar-refractivity contribution in [1.29, 1.82) is 0 Å². The Morgan fingerprint density at radius 1 is 1.14 bits per heavy atom. The van der Waals surface area contributed by atoms with Gasteiger partial charge in [-0.3, -0.25) is 14.4 Å². The lowest BCUT2D eigenvalue weighted by Gasteiger charge is -2.43. The molecule has 3 aliphatic rings. The highest BCUT2D eigenvalue weighted by atomic mass is 16.5. The molecular formula is C27H25NO7. The van der Waals surface area contributed by atoms with E-state index in [1.54, 1.807) is 37.3 Å². The first-order valence-corrected chi connectivity index (χ1v) is 11.2. The lowest BCUT2D eigenvalue weighted by Crippen LogP contribution is -2.39. The number of hydrogen-bond donors (Lipinski definition) is 1. The molecule has 2 heterocycles. The molecule has 4 rings (SSSR count).